The van der Waals surface area contributed by atoms with Crippen molar-refractivity contribution < 1.29 is 14.7 Å². The van der Waals surface area contributed by atoms with Crippen molar-refractivity contribution in [3.8, 4) is 5.69 Å². The maximum atomic E-state index is 11.6. The van der Waals surface area contributed by atoms with Crippen LogP contribution >= 0.6 is 0 Å². The van der Waals surface area contributed by atoms with Gasteiger partial charge in [0, 0.05) is 6.92 Å². The monoisotopic (exact) mass is 219 g/mol. The van der Waals surface area contributed by atoms with Gasteiger partial charge in [-0.1, -0.05) is 18.2 Å². The summed E-state index contributed by atoms with van der Waals surface area (Å²) in [5.41, 5.74) is 0.350. The van der Waals surface area contributed by atoms with Gasteiger partial charge < -0.3 is 10.3 Å². The average Bonchev–Trinajstić information content (AvgIpc) is 2.58. The minimum absolute atomic E-state index is 0.0661. The molecule has 0 radical (unpaired) electrons. The van der Waals surface area contributed by atoms with Crippen LogP contribution in [0.5, 0.6) is 0 Å². The van der Waals surface area contributed by atoms with Crippen LogP contribution in [0.2, 0.25) is 0 Å². The van der Waals surface area contributed by atoms with Gasteiger partial charge in [-0.15, -0.1) is 4.85 Å². The highest BCUT2D eigenvalue weighted by molar-refractivity contribution is 5.85. The van der Waals surface area contributed by atoms with E-state index in [-0.39, 0.29) is 11.4 Å². The van der Waals surface area contributed by atoms with Crippen LogP contribution in [0.3, 0.4) is 0 Å². The van der Waals surface area contributed by atoms with Gasteiger partial charge in [-0.05, 0) is 16.9 Å². The van der Waals surface area contributed by atoms with E-state index in [1.807, 2.05) is 0 Å². The molecule has 0 bridgehead atoms. The molecule has 0 fully saturated rings. The molecule has 1 N–H and O–H groups in total. The molecule has 0 aliphatic rings. The number of carbonyl (C=O) groups is 1. The second-order valence-corrected chi connectivity index (χ2v) is 3.24. The van der Waals surface area contributed by atoms with Crippen molar-refractivity contribution in [3.05, 3.63) is 46.9 Å². The molecule has 0 aliphatic carbocycles. The first-order valence-corrected chi connectivity index (χ1v) is 4.59. The second-order valence-electron chi connectivity index (χ2n) is 3.24. The van der Waals surface area contributed by atoms with Crippen LogP contribution in [0.1, 0.15) is 16.2 Å². The molecule has 1 aromatic heterocycles. The Labute approximate surface area is 90.9 Å². The molecule has 16 heavy (non-hydrogen) atoms. The van der Waals surface area contributed by atoms with Gasteiger partial charge in [-0.2, -0.15) is 0 Å². The smallest absolute Gasteiger partial charge is 0.387 e. The minimum Gasteiger partial charge on any atom is -0.692 e. The summed E-state index contributed by atoms with van der Waals surface area (Å²) in [5.74, 6) is -1.21. The lowest BCUT2D eigenvalue weighted by molar-refractivity contribution is -0.694. The Balaban J connectivity index is 2.60. The quantitative estimate of drug-likeness (QED) is 0.589. The molecule has 0 saturated carbocycles. The number of para-hydroxylation sites is 1. The van der Waals surface area contributed by atoms with Gasteiger partial charge in [0.15, 0.2) is 5.69 Å². The summed E-state index contributed by atoms with van der Waals surface area (Å²) in [7, 11) is 0. The van der Waals surface area contributed by atoms with Crippen molar-refractivity contribution in [1.82, 2.24) is 9.90 Å². The van der Waals surface area contributed by atoms with Crippen molar-refractivity contribution in [3.63, 3.8) is 0 Å². The molecule has 0 atom stereocenters. The van der Waals surface area contributed by atoms with Crippen LogP contribution in [-0.2, 0) is 0 Å². The number of carboxylic acid groups (broad SMARTS) is 1. The van der Waals surface area contributed by atoms with E-state index >= 15 is 0 Å². The molecule has 1 heterocycles. The summed E-state index contributed by atoms with van der Waals surface area (Å²) in [6.07, 6.45) is 0. The minimum atomic E-state index is -1.21. The van der Waals surface area contributed by atoms with E-state index in [0.717, 1.165) is 4.80 Å². The van der Waals surface area contributed by atoms with Crippen LogP contribution < -0.4 is 4.85 Å². The predicted octanol–water partition coefficient (Wildman–Crippen LogP) is 0.512. The third-order valence-electron chi connectivity index (χ3n) is 2.19. The maximum absolute atomic E-state index is 11.6. The summed E-state index contributed by atoms with van der Waals surface area (Å²) >= 11 is 0. The Morgan fingerprint density at radius 3 is 2.56 bits per heavy atom. The molecule has 0 spiro atoms. The SMILES string of the molecule is Cc1c(C(=O)O)nn(-c2ccccc2)[n+]1[O-]. The highest BCUT2D eigenvalue weighted by Crippen LogP contribution is 2.06. The van der Waals surface area contributed by atoms with Crippen molar-refractivity contribution >= 4 is 5.97 Å². The zero-order valence-corrected chi connectivity index (χ0v) is 8.49. The van der Waals surface area contributed by atoms with Gasteiger partial charge in [0.2, 0.25) is 0 Å². The normalized spacial score (nSPS) is 10.3. The first-order chi connectivity index (χ1) is 7.61. The van der Waals surface area contributed by atoms with Crippen molar-refractivity contribution in [2.45, 2.75) is 6.92 Å². The van der Waals surface area contributed by atoms with E-state index in [4.69, 9.17) is 5.11 Å². The standard InChI is InChI=1S/C10H9N3O3/c1-7-9(10(14)15)11-12(13(7)16)8-5-3-2-4-6-8/h2-6H,1H3,(H,14,15). The van der Waals surface area contributed by atoms with Crippen molar-refractivity contribution in [2.75, 3.05) is 0 Å². The Kier molecular flexibility index (Phi) is 2.32. The summed E-state index contributed by atoms with van der Waals surface area (Å²) < 4.78 is 0. The zero-order chi connectivity index (χ0) is 11.7. The van der Waals surface area contributed by atoms with Gasteiger partial charge in [-0.25, -0.2) is 4.79 Å². The number of nitrogens with zero attached hydrogens (tertiary/aromatic N) is 3. The zero-order valence-electron chi connectivity index (χ0n) is 8.49. The molecular formula is C10H9N3O3. The maximum Gasteiger partial charge on any atom is 0.387 e. The van der Waals surface area contributed by atoms with Gasteiger partial charge >= 0.3 is 11.7 Å². The van der Waals surface area contributed by atoms with E-state index in [9.17, 15) is 10.0 Å². The first-order valence-electron chi connectivity index (χ1n) is 4.59. The fourth-order valence-corrected chi connectivity index (χ4v) is 1.36. The largest absolute Gasteiger partial charge is 0.692 e. The third-order valence-corrected chi connectivity index (χ3v) is 2.19. The molecule has 0 saturated heterocycles. The van der Waals surface area contributed by atoms with Crippen LogP contribution in [-0.4, -0.2) is 21.0 Å². The fraction of sp³-hybridized carbons (Fsp3) is 0.100. The molecule has 0 amide bonds. The Bertz CT molecular complexity index is 534. The molecule has 2 rings (SSSR count). The lowest BCUT2D eigenvalue weighted by Gasteiger charge is -2.03. The van der Waals surface area contributed by atoms with E-state index in [1.54, 1.807) is 30.3 Å². The lowest BCUT2D eigenvalue weighted by Crippen LogP contribution is -2.39. The Morgan fingerprint density at radius 1 is 1.44 bits per heavy atom. The van der Waals surface area contributed by atoms with E-state index in [1.165, 1.54) is 6.92 Å². The number of aromatic carboxylic acids is 1. The number of rotatable bonds is 2. The second kappa shape index (κ2) is 3.65. The fourth-order valence-electron chi connectivity index (χ4n) is 1.36. The van der Waals surface area contributed by atoms with Gasteiger partial charge in [0.1, 0.15) is 5.69 Å². The predicted molar refractivity (Wildman–Crippen MR) is 54.2 cm³/mol. The average molecular weight is 219 g/mol. The number of hydrogen-bond donors (Lipinski definition) is 1. The number of aromatic nitrogens is 3. The van der Waals surface area contributed by atoms with E-state index in [0.29, 0.717) is 10.5 Å². The highest BCUT2D eigenvalue weighted by atomic mass is 16.5. The Hall–Kier alpha value is -2.37. The topological polar surface area (TPSA) is 82.1 Å². The number of hydrogen-bond acceptors (Lipinski definition) is 3. The number of benzene rings is 1. The Morgan fingerprint density at radius 2 is 2.06 bits per heavy atom. The van der Waals surface area contributed by atoms with Crippen molar-refractivity contribution in [1.29, 1.82) is 0 Å². The summed E-state index contributed by atoms with van der Waals surface area (Å²) in [6, 6.07) is 8.63. The van der Waals surface area contributed by atoms with Crippen LogP contribution in [0.25, 0.3) is 5.69 Å². The number of carboxylic acids is 1. The molecular weight excluding hydrogens is 210 g/mol. The van der Waals surface area contributed by atoms with Gasteiger partial charge in [-0.3, -0.25) is 0 Å². The van der Waals surface area contributed by atoms with Crippen LogP contribution in [0.4, 0.5) is 0 Å². The molecule has 6 nitrogen and oxygen atoms in total. The van der Waals surface area contributed by atoms with Crippen LogP contribution in [0.15, 0.2) is 30.3 Å². The van der Waals surface area contributed by atoms with Crippen LogP contribution in [0, 0.1) is 12.1 Å². The molecule has 1 aromatic carbocycles. The summed E-state index contributed by atoms with van der Waals surface area (Å²) in [6.45, 7) is 1.42. The highest BCUT2D eigenvalue weighted by Gasteiger charge is 2.25. The molecule has 0 unspecified atom stereocenters. The summed E-state index contributed by atoms with van der Waals surface area (Å²) in [5, 5.41) is 24.2. The first kappa shape index (κ1) is 10.2. The molecule has 82 valence electrons. The lowest BCUT2D eigenvalue weighted by atomic mass is 10.3. The van der Waals surface area contributed by atoms with Gasteiger partial charge in [0.05, 0.1) is 5.10 Å². The van der Waals surface area contributed by atoms with Crippen molar-refractivity contribution in [2.24, 2.45) is 0 Å². The molecule has 2 aromatic rings. The van der Waals surface area contributed by atoms with E-state index < -0.39 is 5.97 Å². The van der Waals surface area contributed by atoms with Gasteiger partial charge in [0.25, 0.3) is 0 Å². The summed E-state index contributed by atoms with van der Waals surface area (Å²) in [4.78, 5) is 12.3. The molecule has 0 aliphatic heterocycles. The third kappa shape index (κ3) is 1.50. The van der Waals surface area contributed by atoms with E-state index in [2.05, 4.69) is 5.10 Å². The molecule has 6 heteroatoms.